The van der Waals surface area contributed by atoms with Crippen LogP contribution in [0.15, 0.2) is 0 Å². The molecule has 0 atom stereocenters. The summed E-state index contributed by atoms with van der Waals surface area (Å²) in [6, 6.07) is 0.566. The summed E-state index contributed by atoms with van der Waals surface area (Å²) in [5.41, 5.74) is 0. The number of methoxy groups -OCH3 is 1. The van der Waals surface area contributed by atoms with E-state index in [2.05, 4.69) is 10.0 Å². The van der Waals surface area contributed by atoms with E-state index in [-0.39, 0.29) is 12.4 Å². The fourth-order valence-electron chi connectivity index (χ4n) is 2.23. The highest BCUT2D eigenvalue weighted by Gasteiger charge is 2.12. The summed E-state index contributed by atoms with van der Waals surface area (Å²) in [5.74, 6) is 0.0347. The lowest BCUT2D eigenvalue weighted by Crippen LogP contribution is -2.38. The standard InChI is InChI=1S/C12H26N2O3S/c1-17-10-11-18(15,16)14-9-8-13-12-6-4-2-3-5-7-12/h12-14H,2-11H2,1H3. The van der Waals surface area contributed by atoms with Gasteiger partial charge < -0.3 is 10.1 Å². The van der Waals surface area contributed by atoms with Gasteiger partial charge in [0.05, 0.1) is 12.4 Å². The Morgan fingerprint density at radius 3 is 2.39 bits per heavy atom. The van der Waals surface area contributed by atoms with E-state index in [9.17, 15) is 8.42 Å². The van der Waals surface area contributed by atoms with E-state index in [1.165, 1.54) is 45.6 Å². The van der Waals surface area contributed by atoms with Crippen LogP contribution in [0.4, 0.5) is 0 Å². The summed E-state index contributed by atoms with van der Waals surface area (Å²) in [5, 5.41) is 3.43. The van der Waals surface area contributed by atoms with Crippen LogP contribution in [0.25, 0.3) is 0 Å². The second kappa shape index (κ2) is 8.85. The highest BCUT2D eigenvalue weighted by atomic mass is 32.2. The maximum atomic E-state index is 11.5. The number of rotatable bonds is 8. The number of ether oxygens (including phenoxy) is 1. The molecule has 6 heteroatoms. The largest absolute Gasteiger partial charge is 0.384 e. The van der Waals surface area contributed by atoms with Crippen molar-refractivity contribution in [1.82, 2.24) is 10.0 Å². The monoisotopic (exact) mass is 278 g/mol. The molecule has 2 N–H and O–H groups in total. The Hall–Kier alpha value is -0.170. The van der Waals surface area contributed by atoms with E-state index in [1.54, 1.807) is 0 Å². The molecule has 0 aromatic heterocycles. The van der Waals surface area contributed by atoms with Gasteiger partial charge in [-0.05, 0) is 12.8 Å². The molecule has 18 heavy (non-hydrogen) atoms. The number of hydrogen-bond acceptors (Lipinski definition) is 4. The van der Waals surface area contributed by atoms with Gasteiger partial charge in [-0.3, -0.25) is 0 Å². The molecule has 1 fully saturated rings. The van der Waals surface area contributed by atoms with E-state index >= 15 is 0 Å². The van der Waals surface area contributed by atoms with Crippen LogP contribution < -0.4 is 10.0 Å². The van der Waals surface area contributed by atoms with Crippen molar-refractivity contribution >= 4 is 10.0 Å². The van der Waals surface area contributed by atoms with Crippen molar-refractivity contribution in [2.24, 2.45) is 0 Å². The molecule has 0 amide bonds. The van der Waals surface area contributed by atoms with Crippen molar-refractivity contribution in [2.45, 2.75) is 44.6 Å². The lowest BCUT2D eigenvalue weighted by atomic mass is 10.1. The van der Waals surface area contributed by atoms with Gasteiger partial charge in [-0.25, -0.2) is 13.1 Å². The molecule has 0 radical (unpaired) electrons. The van der Waals surface area contributed by atoms with Gasteiger partial charge >= 0.3 is 0 Å². The highest BCUT2D eigenvalue weighted by molar-refractivity contribution is 7.89. The van der Waals surface area contributed by atoms with Gasteiger partial charge in [0.2, 0.25) is 10.0 Å². The molecular weight excluding hydrogens is 252 g/mol. The molecule has 1 saturated carbocycles. The Bertz CT molecular complexity index is 298. The Kier molecular flexibility index (Phi) is 7.81. The molecule has 108 valence electrons. The number of hydrogen-bond donors (Lipinski definition) is 2. The van der Waals surface area contributed by atoms with Crippen LogP contribution in [-0.2, 0) is 14.8 Å². The van der Waals surface area contributed by atoms with Crippen molar-refractivity contribution in [3.05, 3.63) is 0 Å². The van der Waals surface area contributed by atoms with E-state index in [0.717, 1.165) is 0 Å². The molecule has 0 bridgehead atoms. The third kappa shape index (κ3) is 7.31. The summed E-state index contributed by atoms with van der Waals surface area (Å²) >= 11 is 0. The summed E-state index contributed by atoms with van der Waals surface area (Å²) < 4.78 is 30.3. The van der Waals surface area contributed by atoms with Gasteiger partial charge in [-0.15, -0.1) is 0 Å². The lowest BCUT2D eigenvalue weighted by molar-refractivity contribution is 0.217. The molecule has 0 unspecified atom stereocenters. The predicted octanol–water partition coefficient (Wildman–Crippen LogP) is 0.865. The highest BCUT2D eigenvalue weighted by Crippen LogP contribution is 2.16. The van der Waals surface area contributed by atoms with Crippen molar-refractivity contribution in [2.75, 3.05) is 32.6 Å². The summed E-state index contributed by atoms with van der Waals surface area (Å²) in [6.45, 7) is 1.41. The summed E-state index contributed by atoms with van der Waals surface area (Å²) in [6.07, 6.45) is 7.69. The van der Waals surface area contributed by atoms with E-state index < -0.39 is 10.0 Å². The molecule has 1 aliphatic carbocycles. The molecule has 0 aromatic carbocycles. The molecule has 0 saturated heterocycles. The Morgan fingerprint density at radius 2 is 1.78 bits per heavy atom. The first-order chi connectivity index (χ1) is 8.64. The molecule has 0 aromatic rings. The Morgan fingerprint density at radius 1 is 1.11 bits per heavy atom. The van der Waals surface area contributed by atoms with Crippen LogP contribution in [0.3, 0.4) is 0 Å². The third-order valence-corrected chi connectivity index (χ3v) is 4.64. The third-order valence-electron chi connectivity index (χ3n) is 3.29. The maximum absolute atomic E-state index is 11.5. The minimum atomic E-state index is -3.17. The quantitative estimate of drug-likeness (QED) is 0.510. The van der Waals surface area contributed by atoms with Gasteiger partial charge in [-0.2, -0.15) is 0 Å². The van der Waals surface area contributed by atoms with Crippen LogP contribution in [-0.4, -0.2) is 47.0 Å². The second-order valence-electron chi connectivity index (χ2n) is 4.85. The maximum Gasteiger partial charge on any atom is 0.213 e. The van der Waals surface area contributed by atoms with Crippen molar-refractivity contribution in [3.8, 4) is 0 Å². The zero-order valence-corrected chi connectivity index (χ0v) is 12.1. The van der Waals surface area contributed by atoms with Crippen LogP contribution in [0, 0.1) is 0 Å². The minimum Gasteiger partial charge on any atom is -0.384 e. The first kappa shape index (κ1) is 15.9. The van der Waals surface area contributed by atoms with Crippen LogP contribution in [0.2, 0.25) is 0 Å². The van der Waals surface area contributed by atoms with Gasteiger partial charge in [0.25, 0.3) is 0 Å². The van der Waals surface area contributed by atoms with Gasteiger partial charge in [-0.1, -0.05) is 25.7 Å². The zero-order chi connectivity index (χ0) is 13.3. The average Bonchev–Trinajstić information content (AvgIpc) is 2.61. The van der Waals surface area contributed by atoms with E-state index in [4.69, 9.17) is 4.74 Å². The SMILES string of the molecule is COCCS(=O)(=O)NCCNC1CCCCCC1. The molecule has 1 aliphatic rings. The Labute approximate surface area is 111 Å². The van der Waals surface area contributed by atoms with Crippen LogP contribution in [0.1, 0.15) is 38.5 Å². The number of sulfonamides is 1. The molecular formula is C12H26N2O3S. The molecule has 0 heterocycles. The van der Waals surface area contributed by atoms with Crippen molar-refractivity contribution < 1.29 is 13.2 Å². The molecule has 0 spiro atoms. The molecule has 0 aliphatic heterocycles. The Balaban J connectivity index is 2.10. The normalized spacial score (nSPS) is 18.7. The second-order valence-corrected chi connectivity index (χ2v) is 6.78. The summed E-state index contributed by atoms with van der Waals surface area (Å²) in [4.78, 5) is 0. The van der Waals surface area contributed by atoms with E-state index in [1.807, 2.05) is 0 Å². The van der Waals surface area contributed by atoms with Gasteiger partial charge in [0.15, 0.2) is 0 Å². The van der Waals surface area contributed by atoms with Gasteiger partial charge in [0, 0.05) is 26.2 Å². The molecule has 5 nitrogen and oxygen atoms in total. The topological polar surface area (TPSA) is 67.4 Å². The average molecular weight is 278 g/mol. The zero-order valence-electron chi connectivity index (χ0n) is 11.3. The number of nitrogens with one attached hydrogen (secondary N) is 2. The fraction of sp³-hybridized carbons (Fsp3) is 1.00. The lowest BCUT2D eigenvalue weighted by Gasteiger charge is -2.16. The first-order valence-corrected chi connectivity index (χ1v) is 8.49. The molecule has 1 rings (SSSR count). The van der Waals surface area contributed by atoms with Crippen LogP contribution >= 0.6 is 0 Å². The van der Waals surface area contributed by atoms with Crippen molar-refractivity contribution in [3.63, 3.8) is 0 Å². The first-order valence-electron chi connectivity index (χ1n) is 6.84. The minimum absolute atomic E-state index is 0.0347. The van der Waals surface area contributed by atoms with Crippen molar-refractivity contribution in [1.29, 1.82) is 0 Å². The predicted molar refractivity (Wildman–Crippen MR) is 73.2 cm³/mol. The fourth-order valence-corrected chi connectivity index (χ4v) is 3.18. The van der Waals surface area contributed by atoms with Crippen LogP contribution in [0.5, 0.6) is 0 Å². The van der Waals surface area contributed by atoms with E-state index in [0.29, 0.717) is 19.1 Å². The summed E-state index contributed by atoms with van der Waals surface area (Å²) in [7, 11) is -1.67. The smallest absolute Gasteiger partial charge is 0.213 e. The van der Waals surface area contributed by atoms with Gasteiger partial charge in [0.1, 0.15) is 0 Å².